The molecule has 6 heteroatoms. The molecule has 0 radical (unpaired) electrons. The van der Waals surface area contributed by atoms with E-state index in [2.05, 4.69) is 0 Å². The molecule has 0 spiro atoms. The van der Waals surface area contributed by atoms with Crippen LogP contribution in [0.25, 0.3) is 0 Å². The summed E-state index contributed by atoms with van der Waals surface area (Å²) in [6.07, 6.45) is 4.29. The summed E-state index contributed by atoms with van der Waals surface area (Å²) in [4.78, 5) is 14.8. The largest absolute Gasteiger partial charge is 0.339 e. The molecule has 27 heavy (non-hydrogen) atoms. The molecule has 144 valence electrons. The highest BCUT2D eigenvalue weighted by atomic mass is 32.2. The smallest absolute Gasteiger partial charge is 0.253 e. The van der Waals surface area contributed by atoms with Crippen molar-refractivity contribution in [3.8, 4) is 0 Å². The number of hydrogen-bond acceptors (Lipinski definition) is 3. The minimum Gasteiger partial charge on any atom is -0.339 e. The predicted molar refractivity (Wildman–Crippen MR) is 106 cm³/mol. The van der Waals surface area contributed by atoms with Crippen LogP contribution in [0, 0.1) is 0 Å². The van der Waals surface area contributed by atoms with E-state index < -0.39 is 10.0 Å². The molecule has 1 saturated heterocycles. The molecule has 0 N–H and O–H groups in total. The van der Waals surface area contributed by atoms with Gasteiger partial charge in [-0.1, -0.05) is 49.2 Å². The van der Waals surface area contributed by atoms with Crippen LogP contribution in [0.2, 0.25) is 0 Å². The zero-order valence-electron chi connectivity index (χ0n) is 15.7. The van der Waals surface area contributed by atoms with Crippen LogP contribution in [0.1, 0.15) is 41.6 Å². The van der Waals surface area contributed by atoms with Gasteiger partial charge in [0.05, 0.1) is 4.90 Å². The monoisotopic (exact) mass is 386 g/mol. The topological polar surface area (TPSA) is 57.7 Å². The SMILES string of the molecule is CN(Cc1ccccc1)S(=O)(=O)c1cccc(C(=O)N2CCCCCC2)c1. The van der Waals surface area contributed by atoms with Crippen molar-refractivity contribution in [3.63, 3.8) is 0 Å². The lowest BCUT2D eigenvalue weighted by Gasteiger charge is -2.21. The van der Waals surface area contributed by atoms with Crippen molar-refractivity contribution in [2.75, 3.05) is 20.1 Å². The van der Waals surface area contributed by atoms with E-state index in [1.807, 2.05) is 35.2 Å². The van der Waals surface area contributed by atoms with Gasteiger partial charge in [-0.3, -0.25) is 4.79 Å². The van der Waals surface area contributed by atoms with Crippen LogP contribution >= 0.6 is 0 Å². The van der Waals surface area contributed by atoms with Gasteiger partial charge in [0.2, 0.25) is 10.0 Å². The first kappa shape index (κ1) is 19.6. The molecule has 0 aromatic heterocycles. The summed E-state index contributed by atoms with van der Waals surface area (Å²) in [6, 6.07) is 15.9. The first-order chi connectivity index (χ1) is 13.0. The highest BCUT2D eigenvalue weighted by Crippen LogP contribution is 2.20. The predicted octanol–water partition coefficient (Wildman–Crippen LogP) is 3.52. The van der Waals surface area contributed by atoms with E-state index in [1.165, 1.54) is 10.4 Å². The first-order valence-electron chi connectivity index (χ1n) is 9.38. The van der Waals surface area contributed by atoms with Crippen molar-refractivity contribution in [2.24, 2.45) is 0 Å². The zero-order valence-corrected chi connectivity index (χ0v) is 16.5. The number of carbonyl (C=O) groups is 1. The second kappa shape index (κ2) is 8.67. The third-order valence-electron chi connectivity index (χ3n) is 4.93. The lowest BCUT2D eigenvalue weighted by atomic mass is 10.2. The Balaban J connectivity index is 1.80. The summed E-state index contributed by atoms with van der Waals surface area (Å²) >= 11 is 0. The molecule has 1 aliphatic heterocycles. The lowest BCUT2D eigenvalue weighted by molar-refractivity contribution is 0.0761. The molecule has 5 nitrogen and oxygen atoms in total. The van der Waals surface area contributed by atoms with E-state index in [1.54, 1.807) is 25.2 Å². The molecule has 0 saturated carbocycles. The number of likely N-dealkylation sites (tertiary alicyclic amines) is 1. The van der Waals surface area contributed by atoms with Crippen molar-refractivity contribution in [3.05, 3.63) is 65.7 Å². The van der Waals surface area contributed by atoms with Crippen molar-refractivity contribution in [2.45, 2.75) is 37.1 Å². The van der Waals surface area contributed by atoms with Crippen LogP contribution in [0.3, 0.4) is 0 Å². The maximum Gasteiger partial charge on any atom is 0.253 e. The Hall–Kier alpha value is -2.18. The summed E-state index contributed by atoms with van der Waals surface area (Å²) in [5.74, 6) is -0.0836. The average Bonchev–Trinajstić information content (AvgIpc) is 2.98. The summed E-state index contributed by atoms with van der Waals surface area (Å²) in [6.45, 7) is 1.76. The Morgan fingerprint density at radius 3 is 2.30 bits per heavy atom. The molecular formula is C21H26N2O3S. The second-order valence-electron chi connectivity index (χ2n) is 6.98. The maximum absolute atomic E-state index is 12.9. The van der Waals surface area contributed by atoms with Gasteiger partial charge < -0.3 is 4.90 Å². The van der Waals surface area contributed by atoms with E-state index in [0.29, 0.717) is 5.56 Å². The van der Waals surface area contributed by atoms with Crippen molar-refractivity contribution < 1.29 is 13.2 Å². The summed E-state index contributed by atoms with van der Waals surface area (Å²) < 4.78 is 27.2. The number of rotatable bonds is 5. The van der Waals surface area contributed by atoms with Gasteiger partial charge in [0.1, 0.15) is 0 Å². The summed E-state index contributed by atoms with van der Waals surface area (Å²) in [7, 11) is -2.11. The molecule has 1 aliphatic rings. The number of nitrogens with zero attached hydrogens (tertiary/aromatic N) is 2. The van der Waals surface area contributed by atoms with Crippen LogP contribution in [-0.4, -0.2) is 43.7 Å². The van der Waals surface area contributed by atoms with Gasteiger partial charge in [-0.05, 0) is 36.6 Å². The Labute approximate surface area is 161 Å². The number of carbonyl (C=O) groups excluding carboxylic acids is 1. The van der Waals surface area contributed by atoms with Gasteiger partial charge in [-0.25, -0.2) is 8.42 Å². The van der Waals surface area contributed by atoms with Crippen molar-refractivity contribution in [1.82, 2.24) is 9.21 Å². The Bertz CT molecular complexity index is 873. The third kappa shape index (κ3) is 4.76. The molecule has 0 atom stereocenters. The van der Waals surface area contributed by atoms with E-state index in [9.17, 15) is 13.2 Å². The number of sulfonamides is 1. The maximum atomic E-state index is 12.9. The molecule has 1 amide bonds. The molecule has 0 bridgehead atoms. The molecule has 3 rings (SSSR count). The van der Waals surface area contributed by atoms with Gasteiger partial charge in [0.25, 0.3) is 5.91 Å². The lowest BCUT2D eigenvalue weighted by Crippen LogP contribution is -2.32. The van der Waals surface area contributed by atoms with E-state index in [0.717, 1.165) is 44.3 Å². The minimum absolute atomic E-state index is 0.0836. The molecule has 1 heterocycles. The highest BCUT2D eigenvalue weighted by Gasteiger charge is 2.23. The third-order valence-corrected chi connectivity index (χ3v) is 6.73. The van der Waals surface area contributed by atoms with E-state index in [4.69, 9.17) is 0 Å². The van der Waals surface area contributed by atoms with Gasteiger partial charge >= 0.3 is 0 Å². The Morgan fingerprint density at radius 2 is 1.63 bits per heavy atom. The van der Waals surface area contributed by atoms with Crippen LogP contribution in [0.4, 0.5) is 0 Å². The fourth-order valence-electron chi connectivity index (χ4n) is 3.35. The highest BCUT2D eigenvalue weighted by molar-refractivity contribution is 7.89. The zero-order chi connectivity index (χ0) is 19.3. The van der Waals surface area contributed by atoms with Crippen LogP contribution < -0.4 is 0 Å². The van der Waals surface area contributed by atoms with Crippen LogP contribution in [0.5, 0.6) is 0 Å². The fraction of sp³-hybridized carbons (Fsp3) is 0.381. The molecule has 0 unspecified atom stereocenters. The molecule has 2 aromatic carbocycles. The fourth-order valence-corrected chi connectivity index (χ4v) is 4.56. The van der Waals surface area contributed by atoms with Gasteiger partial charge in [0, 0.05) is 32.2 Å². The number of benzene rings is 2. The molecule has 0 aliphatic carbocycles. The molecular weight excluding hydrogens is 360 g/mol. The van der Waals surface area contributed by atoms with Crippen molar-refractivity contribution >= 4 is 15.9 Å². The Morgan fingerprint density at radius 1 is 0.963 bits per heavy atom. The average molecular weight is 387 g/mol. The minimum atomic E-state index is -3.67. The number of hydrogen-bond donors (Lipinski definition) is 0. The van der Waals surface area contributed by atoms with Crippen molar-refractivity contribution in [1.29, 1.82) is 0 Å². The number of amides is 1. The van der Waals surface area contributed by atoms with Crippen LogP contribution in [-0.2, 0) is 16.6 Å². The summed E-state index contributed by atoms with van der Waals surface area (Å²) in [5, 5.41) is 0. The normalized spacial score (nSPS) is 15.6. The van der Waals surface area contributed by atoms with Gasteiger partial charge in [-0.15, -0.1) is 0 Å². The van der Waals surface area contributed by atoms with E-state index >= 15 is 0 Å². The quantitative estimate of drug-likeness (QED) is 0.790. The second-order valence-corrected chi connectivity index (χ2v) is 9.03. The molecule has 1 fully saturated rings. The van der Waals surface area contributed by atoms with Gasteiger partial charge in [0.15, 0.2) is 0 Å². The Kier molecular flexibility index (Phi) is 6.29. The van der Waals surface area contributed by atoms with Crippen LogP contribution in [0.15, 0.2) is 59.5 Å². The first-order valence-corrected chi connectivity index (χ1v) is 10.8. The van der Waals surface area contributed by atoms with Gasteiger partial charge in [-0.2, -0.15) is 4.31 Å². The molecule has 2 aromatic rings. The standard InChI is InChI=1S/C21H26N2O3S/c1-22(17-18-10-5-4-6-11-18)27(25,26)20-13-9-12-19(16-20)21(24)23-14-7-2-3-8-15-23/h4-6,9-13,16H,2-3,7-8,14-15,17H2,1H3. The van der Waals surface area contributed by atoms with E-state index in [-0.39, 0.29) is 17.3 Å². The summed E-state index contributed by atoms with van der Waals surface area (Å²) in [5.41, 5.74) is 1.35.